The van der Waals surface area contributed by atoms with Crippen LogP contribution in [0.1, 0.15) is 17.5 Å². The molecule has 31 heavy (non-hydrogen) atoms. The average Bonchev–Trinajstić information content (AvgIpc) is 3.12. The van der Waals surface area contributed by atoms with Gasteiger partial charge in [-0.15, -0.1) is 11.8 Å². The maximum atomic E-state index is 6.32. The number of thioether (sulfide) groups is 1. The Morgan fingerprint density at radius 3 is 2.48 bits per heavy atom. The second-order valence-corrected chi connectivity index (χ2v) is 8.55. The highest BCUT2D eigenvalue weighted by molar-refractivity contribution is 8.13. The first-order chi connectivity index (χ1) is 15.1. The first-order valence-corrected chi connectivity index (χ1v) is 11.4. The topological polar surface area (TPSA) is 46.4 Å². The summed E-state index contributed by atoms with van der Waals surface area (Å²) in [5.74, 6) is 1.51. The lowest BCUT2D eigenvalue weighted by atomic mass is 9.96. The molecule has 0 saturated carbocycles. The molecule has 0 N–H and O–H groups in total. The van der Waals surface area contributed by atoms with E-state index in [9.17, 15) is 0 Å². The Bertz CT molecular complexity index is 1180. The lowest BCUT2D eigenvalue weighted by molar-refractivity contribution is -0.0148. The number of hydrogen-bond acceptors (Lipinski definition) is 6. The van der Waals surface area contributed by atoms with Gasteiger partial charge in [0, 0.05) is 16.1 Å². The number of ether oxygens (including phenoxy) is 1. The van der Waals surface area contributed by atoms with Crippen LogP contribution in [-0.4, -0.2) is 24.2 Å². The predicted octanol–water partition coefficient (Wildman–Crippen LogP) is 6.20. The number of para-hydroxylation sites is 2. The first kappa shape index (κ1) is 20.0. The minimum atomic E-state index is -0.865. The molecule has 0 spiro atoms. The summed E-state index contributed by atoms with van der Waals surface area (Å²) in [5.41, 5.74) is 2.85. The van der Waals surface area contributed by atoms with Gasteiger partial charge in [0.15, 0.2) is 5.84 Å². The van der Waals surface area contributed by atoms with E-state index >= 15 is 0 Å². The van der Waals surface area contributed by atoms with Crippen LogP contribution in [0.5, 0.6) is 5.75 Å². The molecule has 0 bridgehead atoms. The van der Waals surface area contributed by atoms with Crippen molar-refractivity contribution in [1.29, 1.82) is 0 Å². The molecule has 1 unspecified atom stereocenters. The molecule has 2 aliphatic heterocycles. The molecule has 0 amide bonds. The molecule has 5 nitrogen and oxygen atoms in total. The fourth-order valence-corrected chi connectivity index (χ4v) is 4.61. The molecule has 7 heteroatoms. The van der Waals surface area contributed by atoms with Gasteiger partial charge in [0.05, 0.1) is 29.9 Å². The highest BCUT2D eigenvalue weighted by Crippen LogP contribution is 2.49. The molecule has 0 aromatic heterocycles. The van der Waals surface area contributed by atoms with Gasteiger partial charge >= 0.3 is 0 Å². The Labute approximate surface area is 190 Å². The van der Waals surface area contributed by atoms with E-state index in [1.165, 1.54) is 0 Å². The molecule has 0 aliphatic carbocycles. The maximum Gasteiger partial charge on any atom is 0.247 e. The SMILES string of the molecule is COc1ccc(C23CC(SC)=Nc4ccccc4N2C(c2ccc(Cl)cc2)=NO3)cc1. The lowest BCUT2D eigenvalue weighted by Gasteiger charge is -2.37. The summed E-state index contributed by atoms with van der Waals surface area (Å²) in [5, 5.41) is 6.23. The van der Waals surface area contributed by atoms with Crippen molar-refractivity contribution in [3.8, 4) is 5.75 Å². The zero-order chi connectivity index (χ0) is 21.4. The molecule has 3 aromatic rings. The van der Waals surface area contributed by atoms with Crippen LogP contribution in [0.15, 0.2) is 82.9 Å². The van der Waals surface area contributed by atoms with Gasteiger partial charge in [0.2, 0.25) is 5.72 Å². The lowest BCUT2D eigenvalue weighted by Crippen LogP contribution is -2.47. The zero-order valence-electron chi connectivity index (χ0n) is 17.1. The van der Waals surface area contributed by atoms with E-state index < -0.39 is 5.72 Å². The molecular formula is C24H20ClN3O2S. The number of hydrogen-bond donors (Lipinski definition) is 0. The number of anilines is 1. The van der Waals surface area contributed by atoms with E-state index in [0.29, 0.717) is 11.4 Å². The summed E-state index contributed by atoms with van der Waals surface area (Å²) in [6.07, 6.45) is 2.59. The fourth-order valence-electron chi connectivity index (χ4n) is 3.95. The van der Waals surface area contributed by atoms with Crippen LogP contribution in [0.25, 0.3) is 0 Å². The summed E-state index contributed by atoms with van der Waals surface area (Å²) in [6.45, 7) is 0. The summed E-state index contributed by atoms with van der Waals surface area (Å²) >= 11 is 7.76. The van der Waals surface area contributed by atoms with Crippen LogP contribution in [0, 0.1) is 0 Å². The van der Waals surface area contributed by atoms with Crippen LogP contribution in [0.4, 0.5) is 11.4 Å². The molecule has 5 rings (SSSR count). The van der Waals surface area contributed by atoms with Crippen LogP contribution in [-0.2, 0) is 10.6 Å². The van der Waals surface area contributed by atoms with Gasteiger partial charge in [0.1, 0.15) is 5.75 Å². The number of oxime groups is 1. The highest BCUT2D eigenvalue weighted by atomic mass is 35.5. The number of nitrogens with zero attached hydrogens (tertiary/aromatic N) is 3. The zero-order valence-corrected chi connectivity index (χ0v) is 18.7. The van der Waals surface area contributed by atoms with E-state index in [0.717, 1.165) is 39.1 Å². The second-order valence-electron chi connectivity index (χ2n) is 7.24. The van der Waals surface area contributed by atoms with E-state index in [2.05, 4.69) is 16.1 Å². The highest BCUT2D eigenvalue weighted by Gasteiger charge is 2.51. The van der Waals surface area contributed by atoms with E-state index in [-0.39, 0.29) is 0 Å². The number of benzene rings is 3. The van der Waals surface area contributed by atoms with Crippen LogP contribution in [0.2, 0.25) is 5.02 Å². The predicted molar refractivity (Wildman–Crippen MR) is 128 cm³/mol. The van der Waals surface area contributed by atoms with E-state index in [1.54, 1.807) is 18.9 Å². The third kappa shape index (κ3) is 3.36. The molecule has 2 heterocycles. The summed E-state index contributed by atoms with van der Waals surface area (Å²) in [7, 11) is 1.66. The van der Waals surface area contributed by atoms with Gasteiger partial charge in [-0.2, -0.15) is 0 Å². The third-order valence-corrected chi connectivity index (χ3v) is 6.45. The number of methoxy groups -OCH3 is 1. The standard InChI is InChI=1S/C24H20ClN3O2S/c1-29-19-13-9-17(10-14-19)24-15-22(31-2)26-20-5-3-4-6-21(20)28(24)23(27-30-24)16-7-11-18(25)12-8-16/h3-14H,15H2,1-2H3. The first-order valence-electron chi connectivity index (χ1n) is 9.82. The molecule has 0 fully saturated rings. The Balaban J connectivity index is 1.73. The number of halogens is 1. The average molecular weight is 450 g/mol. The Morgan fingerprint density at radius 2 is 1.77 bits per heavy atom. The van der Waals surface area contributed by atoms with Crippen LogP contribution in [0.3, 0.4) is 0 Å². The van der Waals surface area contributed by atoms with Crippen LogP contribution >= 0.6 is 23.4 Å². The van der Waals surface area contributed by atoms with Crippen molar-refractivity contribution >= 4 is 45.6 Å². The van der Waals surface area contributed by atoms with Gasteiger partial charge in [-0.1, -0.05) is 28.9 Å². The van der Waals surface area contributed by atoms with Crippen molar-refractivity contribution in [1.82, 2.24) is 0 Å². The van der Waals surface area contributed by atoms with Crippen molar-refractivity contribution in [3.63, 3.8) is 0 Å². The molecule has 3 aromatic carbocycles. The summed E-state index contributed by atoms with van der Waals surface area (Å²) < 4.78 is 5.37. The van der Waals surface area contributed by atoms with Crippen molar-refractivity contribution in [2.24, 2.45) is 10.1 Å². The van der Waals surface area contributed by atoms with Gasteiger partial charge in [-0.25, -0.2) is 4.99 Å². The quantitative estimate of drug-likeness (QED) is 0.477. The van der Waals surface area contributed by atoms with Gasteiger partial charge in [-0.3, -0.25) is 4.90 Å². The fraction of sp³-hybridized carbons (Fsp3) is 0.167. The Hall–Kier alpha value is -2.96. The Kier molecular flexibility index (Phi) is 5.12. The minimum absolute atomic E-state index is 0.551. The summed E-state index contributed by atoms with van der Waals surface area (Å²) in [6, 6.07) is 23.7. The van der Waals surface area contributed by atoms with Crippen LogP contribution < -0.4 is 9.64 Å². The van der Waals surface area contributed by atoms with E-state index in [4.69, 9.17) is 26.2 Å². The number of rotatable bonds is 3. The second kappa shape index (κ2) is 7.94. The Morgan fingerprint density at radius 1 is 1.03 bits per heavy atom. The monoisotopic (exact) mass is 449 g/mol. The molecule has 0 saturated heterocycles. The largest absolute Gasteiger partial charge is 0.497 e. The minimum Gasteiger partial charge on any atom is -0.497 e. The third-order valence-electron chi connectivity index (χ3n) is 5.49. The van der Waals surface area contributed by atoms with Crippen molar-refractivity contribution in [3.05, 3.63) is 88.9 Å². The maximum absolute atomic E-state index is 6.32. The van der Waals surface area contributed by atoms with Crippen molar-refractivity contribution in [2.45, 2.75) is 12.1 Å². The normalized spacial score (nSPS) is 19.5. The van der Waals surface area contributed by atoms with Crippen molar-refractivity contribution < 1.29 is 9.57 Å². The number of fused-ring (bicyclic) bond motifs is 3. The molecule has 0 radical (unpaired) electrons. The van der Waals surface area contributed by atoms with Gasteiger partial charge < -0.3 is 9.57 Å². The van der Waals surface area contributed by atoms with E-state index in [1.807, 2.05) is 73.0 Å². The molecule has 1 atom stereocenters. The van der Waals surface area contributed by atoms with Gasteiger partial charge in [0.25, 0.3) is 0 Å². The molecule has 156 valence electrons. The number of amidine groups is 1. The van der Waals surface area contributed by atoms with Crippen molar-refractivity contribution in [2.75, 3.05) is 18.3 Å². The van der Waals surface area contributed by atoms with Gasteiger partial charge in [-0.05, 0) is 66.9 Å². The smallest absolute Gasteiger partial charge is 0.247 e. The number of aliphatic imine (C=N–C) groups is 1. The molecule has 2 aliphatic rings. The summed E-state index contributed by atoms with van der Waals surface area (Å²) in [4.78, 5) is 13.4. The molecular weight excluding hydrogens is 430 g/mol.